The second kappa shape index (κ2) is 6.41. The van der Waals surface area contributed by atoms with Crippen LogP contribution in [0.25, 0.3) is 0 Å². The lowest BCUT2D eigenvalue weighted by atomic mass is 9.82. The zero-order chi connectivity index (χ0) is 11.2. The topological polar surface area (TPSA) is 38.0 Å². The van der Waals surface area contributed by atoms with Gasteiger partial charge in [0.25, 0.3) is 0 Å². The Balaban J connectivity index is 3.37. The molecule has 0 aromatic carbocycles. The van der Waals surface area contributed by atoms with E-state index < -0.39 is 0 Å². The minimum Gasteiger partial charge on any atom is -0.328 e. The van der Waals surface area contributed by atoms with Crippen molar-refractivity contribution >= 4 is 0 Å². The largest absolute Gasteiger partial charge is 0.328 e. The van der Waals surface area contributed by atoms with Crippen LogP contribution in [0.4, 0.5) is 0 Å². The molecule has 0 fully saturated rings. The average Bonchev–Trinajstić information content (AvgIpc) is 2.01. The van der Waals surface area contributed by atoms with Gasteiger partial charge in [-0.25, -0.2) is 0 Å². The van der Waals surface area contributed by atoms with Crippen LogP contribution in [-0.2, 0) is 0 Å². The monoisotopic (exact) mass is 200 g/mol. The van der Waals surface area contributed by atoms with Gasteiger partial charge in [0.05, 0.1) is 0 Å². The molecule has 0 aromatic heterocycles. The molecular weight excluding hydrogens is 172 g/mol. The van der Waals surface area contributed by atoms with E-state index in [1.165, 1.54) is 6.42 Å². The maximum atomic E-state index is 5.68. The summed E-state index contributed by atoms with van der Waals surface area (Å²) in [5.41, 5.74) is 6.09. The van der Waals surface area contributed by atoms with E-state index in [9.17, 15) is 0 Å². The van der Waals surface area contributed by atoms with Gasteiger partial charge in [-0.3, -0.25) is 0 Å². The molecule has 2 unspecified atom stereocenters. The summed E-state index contributed by atoms with van der Waals surface area (Å²) in [6.45, 7) is 13.5. The molecule has 0 spiro atoms. The van der Waals surface area contributed by atoms with Crippen LogP contribution in [0.1, 0.15) is 47.5 Å². The van der Waals surface area contributed by atoms with E-state index in [1.807, 2.05) is 0 Å². The number of hydrogen-bond donors (Lipinski definition) is 2. The molecule has 0 bridgehead atoms. The van der Waals surface area contributed by atoms with E-state index in [1.54, 1.807) is 0 Å². The maximum absolute atomic E-state index is 5.68. The van der Waals surface area contributed by atoms with Gasteiger partial charge in [-0.1, -0.05) is 27.7 Å². The van der Waals surface area contributed by atoms with Gasteiger partial charge in [0.2, 0.25) is 0 Å². The average molecular weight is 200 g/mol. The van der Waals surface area contributed by atoms with Gasteiger partial charge in [0, 0.05) is 6.04 Å². The Morgan fingerprint density at radius 2 is 1.79 bits per heavy atom. The van der Waals surface area contributed by atoms with Gasteiger partial charge in [0.1, 0.15) is 0 Å². The lowest BCUT2D eigenvalue weighted by Crippen LogP contribution is -2.30. The summed E-state index contributed by atoms with van der Waals surface area (Å²) in [4.78, 5) is 0. The third-order valence-electron chi connectivity index (χ3n) is 2.94. The molecule has 0 aliphatic rings. The molecule has 2 atom stereocenters. The second-order valence-electron chi connectivity index (χ2n) is 5.59. The van der Waals surface area contributed by atoms with Crippen molar-refractivity contribution in [3.05, 3.63) is 0 Å². The summed E-state index contributed by atoms with van der Waals surface area (Å²) in [5, 5.41) is 3.49. The van der Waals surface area contributed by atoms with Crippen LogP contribution >= 0.6 is 0 Å². The predicted molar refractivity (Wildman–Crippen MR) is 64.4 cm³/mol. The fourth-order valence-electron chi connectivity index (χ4n) is 1.17. The molecule has 3 N–H and O–H groups in total. The molecule has 0 amide bonds. The first-order valence-electron chi connectivity index (χ1n) is 5.80. The molecule has 2 heteroatoms. The highest BCUT2D eigenvalue weighted by Gasteiger charge is 2.18. The summed E-state index contributed by atoms with van der Waals surface area (Å²) in [7, 11) is 0. The molecule has 86 valence electrons. The molecule has 0 radical (unpaired) electrons. The van der Waals surface area contributed by atoms with Gasteiger partial charge in [-0.05, 0) is 44.2 Å². The molecule has 0 rings (SSSR count). The van der Waals surface area contributed by atoms with Crippen molar-refractivity contribution in [3.63, 3.8) is 0 Å². The third kappa shape index (κ3) is 7.34. The van der Waals surface area contributed by atoms with Crippen molar-refractivity contribution in [2.45, 2.75) is 53.5 Å². The molecule has 0 aliphatic carbocycles. The van der Waals surface area contributed by atoms with E-state index in [2.05, 4.69) is 39.9 Å². The molecule has 2 nitrogen and oxygen atoms in total. The smallest absolute Gasteiger partial charge is 0.00109 e. The quantitative estimate of drug-likeness (QED) is 0.646. The predicted octanol–water partition coefficient (Wildman–Crippen LogP) is 2.39. The zero-order valence-corrected chi connectivity index (χ0v) is 10.6. The van der Waals surface area contributed by atoms with Gasteiger partial charge < -0.3 is 11.1 Å². The van der Waals surface area contributed by atoms with Crippen molar-refractivity contribution in [2.24, 2.45) is 17.1 Å². The summed E-state index contributed by atoms with van der Waals surface area (Å²) in [5.74, 6) is 0.720. The van der Waals surface area contributed by atoms with Crippen LogP contribution in [0.3, 0.4) is 0 Å². The Labute approximate surface area is 89.6 Å². The Hall–Kier alpha value is -0.0800. The molecule has 0 aromatic rings. The normalized spacial score (nSPS) is 16.7. The summed E-state index contributed by atoms with van der Waals surface area (Å²) in [6.07, 6.45) is 2.31. The van der Waals surface area contributed by atoms with Crippen LogP contribution in [0.5, 0.6) is 0 Å². The van der Waals surface area contributed by atoms with E-state index in [0.717, 1.165) is 25.4 Å². The zero-order valence-electron chi connectivity index (χ0n) is 10.6. The van der Waals surface area contributed by atoms with E-state index >= 15 is 0 Å². The molecule has 0 aliphatic heterocycles. The van der Waals surface area contributed by atoms with Crippen molar-refractivity contribution < 1.29 is 0 Å². The van der Waals surface area contributed by atoms with Crippen molar-refractivity contribution in [3.8, 4) is 0 Å². The standard InChI is InChI=1S/C12H28N2/c1-10(12(3,4)5)9-14-8-6-7-11(2)13/h10-11,14H,6-9,13H2,1-5H3. The summed E-state index contributed by atoms with van der Waals surface area (Å²) >= 11 is 0. The Morgan fingerprint density at radius 1 is 1.21 bits per heavy atom. The number of nitrogens with two attached hydrogens (primary N) is 1. The van der Waals surface area contributed by atoms with Crippen molar-refractivity contribution in [1.82, 2.24) is 5.32 Å². The Bertz CT molecular complexity index is 136. The van der Waals surface area contributed by atoms with E-state index in [4.69, 9.17) is 5.73 Å². The molecule has 0 saturated carbocycles. The highest BCUT2D eigenvalue weighted by atomic mass is 14.9. The van der Waals surface area contributed by atoms with Crippen molar-refractivity contribution in [1.29, 1.82) is 0 Å². The number of nitrogens with one attached hydrogen (secondary N) is 1. The first-order valence-corrected chi connectivity index (χ1v) is 5.80. The SMILES string of the molecule is CC(N)CCCNCC(C)C(C)(C)C. The molecule has 0 saturated heterocycles. The number of hydrogen-bond acceptors (Lipinski definition) is 2. The van der Waals surface area contributed by atoms with Crippen LogP contribution < -0.4 is 11.1 Å². The fraction of sp³-hybridized carbons (Fsp3) is 1.00. The lowest BCUT2D eigenvalue weighted by molar-refractivity contribution is 0.252. The third-order valence-corrected chi connectivity index (χ3v) is 2.94. The Morgan fingerprint density at radius 3 is 2.21 bits per heavy atom. The van der Waals surface area contributed by atoms with Gasteiger partial charge in [-0.15, -0.1) is 0 Å². The lowest BCUT2D eigenvalue weighted by Gasteiger charge is -2.27. The fourth-order valence-corrected chi connectivity index (χ4v) is 1.17. The van der Waals surface area contributed by atoms with Crippen molar-refractivity contribution in [2.75, 3.05) is 13.1 Å². The summed E-state index contributed by atoms with van der Waals surface area (Å²) in [6, 6.07) is 0.344. The Kier molecular flexibility index (Phi) is 6.38. The minimum absolute atomic E-state index is 0.344. The van der Waals surface area contributed by atoms with Crippen LogP contribution in [0.2, 0.25) is 0 Å². The maximum Gasteiger partial charge on any atom is 0.00109 e. The highest BCUT2D eigenvalue weighted by Crippen LogP contribution is 2.24. The first kappa shape index (κ1) is 13.9. The first-order chi connectivity index (χ1) is 6.34. The van der Waals surface area contributed by atoms with Gasteiger partial charge in [-0.2, -0.15) is 0 Å². The second-order valence-corrected chi connectivity index (χ2v) is 5.59. The van der Waals surface area contributed by atoms with Crippen LogP contribution in [-0.4, -0.2) is 19.1 Å². The minimum atomic E-state index is 0.344. The van der Waals surface area contributed by atoms with Gasteiger partial charge >= 0.3 is 0 Å². The van der Waals surface area contributed by atoms with Crippen LogP contribution in [0, 0.1) is 11.3 Å². The highest BCUT2D eigenvalue weighted by molar-refractivity contribution is 4.71. The van der Waals surface area contributed by atoms with E-state index in [0.29, 0.717) is 11.5 Å². The van der Waals surface area contributed by atoms with E-state index in [-0.39, 0.29) is 0 Å². The molecular formula is C12H28N2. The summed E-state index contributed by atoms with van der Waals surface area (Å²) < 4.78 is 0. The van der Waals surface area contributed by atoms with Crippen LogP contribution in [0.15, 0.2) is 0 Å². The number of rotatable bonds is 6. The molecule has 14 heavy (non-hydrogen) atoms. The van der Waals surface area contributed by atoms with Gasteiger partial charge in [0.15, 0.2) is 0 Å². The molecule has 0 heterocycles.